The molecule has 0 bridgehead atoms. The highest BCUT2D eigenvalue weighted by atomic mass is 32.2. The second kappa shape index (κ2) is 8.37. The lowest BCUT2D eigenvalue weighted by Gasteiger charge is -2.09. The first kappa shape index (κ1) is 22.6. The van der Waals surface area contributed by atoms with E-state index in [9.17, 15) is 16.8 Å². The second-order valence-corrected chi connectivity index (χ2v) is 10.6. The summed E-state index contributed by atoms with van der Waals surface area (Å²) in [5.41, 5.74) is 2.40. The number of aryl methyl sites for hydroxylation is 2. The summed E-state index contributed by atoms with van der Waals surface area (Å²) in [6.45, 7) is 4.98. The predicted octanol–water partition coefficient (Wildman–Crippen LogP) is 3.39. The summed E-state index contributed by atoms with van der Waals surface area (Å²) in [7, 11) is -7.90. The molecular weight excluding hydrogens is 466 g/mol. The van der Waals surface area contributed by atoms with Crippen molar-refractivity contribution in [2.24, 2.45) is 0 Å². The number of para-hydroxylation sites is 1. The van der Waals surface area contributed by atoms with E-state index in [0.29, 0.717) is 17.0 Å². The standard InChI is InChI=1S/C21H21N5O5S2/c1-14-15(2)23-31-21(14)25-32(27,28)19-11-9-17(10-12-19)24-33(29,30)20-13-26(22-16(20)3)18-7-5-4-6-8-18/h4-13,24-25H,1-3H3. The molecule has 172 valence electrons. The normalized spacial score (nSPS) is 12.0. The highest BCUT2D eigenvalue weighted by molar-refractivity contribution is 7.93. The number of rotatable bonds is 7. The Morgan fingerprint density at radius 1 is 0.818 bits per heavy atom. The lowest BCUT2D eigenvalue weighted by atomic mass is 10.3. The first-order valence-corrected chi connectivity index (χ1v) is 12.7. The average Bonchev–Trinajstić information content (AvgIpc) is 3.32. The zero-order valence-electron chi connectivity index (χ0n) is 18.0. The molecule has 2 heterocycles. The molecule has 12 heteroatoms. The van der Waals surface area contributed by atoms with Gasteiger partial charge >= 0.3 is 0 Å². The van der Waals surface area contributed by atoms with Crippen LogP contribution in [-0.4, -0.2) is 31.8 Å². The molecule has 0 radical (unpaired) electrons. The van der Waals surface area contributed by atoms with Crippen LogP contribution in [0.25, 0.3) is 5.69 Å². The average molecular weight is 488 g/mol. The number of sulfonamides is 2. The number of hydrogen-bond donors (Lipinski definition) is 2. The highest BCUT2D eigenvalue weighted by Crippen LogP contribution is 2.24. The summed E-state index contributed by atoms with van der Waals surface area (Å²) in [4.78, 5) is -0.0483. The lowest BCUT2D eigenvalue weighted by Crippen LogP contribution is -2.15. The largest absolute Gasteiger partial charge is 0.337 e. The Morgan fingerprint density at radius 3 is 2.09 bits per heavy atom. The second-order valence-electron chi connectivity index (χ2n) is 7.32. The summed E-state index contributed by atoms with van der Waals surface area (Å²) in [6, 6.07) is 14.4. The predicted molar refractivity (Wildman–Crippen MR) is 122 cm³/mol. The van der Waals surface area contributed by atoms with Gasteiger partial charge in [-0.15, -0.1) is 0 Å². The van der Waals surface area contributed by atoms with E-state index in [2.05, 4.69) is 19.7 Å². The van der Waals surface area contributed by atoms with Gasteiger partial charge in [-0.25, -0.2) is 26.2 Å². The van der Waals surface area contributed by atoms with E-state index in [1.165, 1.54) is 35.1 Å². The van der Waals surface area contributed by atoms with Gasteiger partial charge < -0.3 is 4.52 Å². The summed E-state index contributed by atoms with van der Waals surface area (Å²) in [6.07, 6.45) is 1.43. The van der Waals surface area contributed by atoms with Crippen molar-refractivity contribution in [2.75, 3.05) is 9.44 Å². The minimum absolute atomic E-state index is 0.0147. The summed E-state index contributed by atoms with van der Waals surface area (Å²) in [5, 5.41) is 8.00. The molecule has 10 nitrogen and oxygen atoms in total. The number of anilines is 2. The van der Waals surface area contributed by atoms with Crippen molar-refractivity contribution < 1.29 is 21.4 Å². The fourth-order valence-corrected chi connectivity index (χ4v) is 5.30. The van der Waals surface area contributed by atoms with E-state index >= 15 is 0 Å². The first-order valence-electron chi connectivity index (χ1n) is 9.77. The maximum atomic E-state index is 12.9. The van der Waals surface area contributed by atoms with Crippen molar-refractivity contribution in [1.29, 1.82) is 0 Å². The Bertz CT molecular complexity index is 1510. The molecule has 0 unspecified atom stereocenters. The van der Waals surface area contributed by atoms with Crippen LogP contribution in [0.3, 0.4) is 0 Å². The molecule has 2 N–H and O–H groups in total. The van der Waals surface area contributed by atoms with Gasteiger partial charge in [0.1, 0.15) is 4.90 Å². The Labute approximate surface area is 191 Å². The van der Waals surface area contributed by atoms with Crippen molar-refractivity contribution in [1.82, 2.24) is 14.9 Å². The molecule has 33 heavy (non-hydrogen) atoms. The van der Waals surface area contributed by atoms with Gasteiger partial charge in [0.15, 0.2) is 0 Å². The van der Waals surface area contributed by atoms with Gasteiger partial charge in [-0.1, -0.05) is 23.4 Å². The quantitative estimate of drug-likeness (QED) is 0.408. The van der Waals surface area contributed by atoms with E-state index in [0.717, 1.165) is 5.69 Å². The van der Waals surface area contributed by atoms with Crippen LogP contribution in [0.1, 0.15) is 17.0 Å². The highest BCUT2D eigenvalue weighted by Gasteiger charge is 2.22. The Hall–Kier alpha value is -3.64. The van der Waals surface area contributed by atoms with Crippen molar-refractivity contribution in [3.8, 4) is 5.69 Å². The third-order valence-corrected chi connectivity index (χ3v) is 7.80. The minimum atomic E-state index is -3.95. The monoisotopic (exact) mass is 487 g/mol. The van der Waals surface area contributed by atoms with Gasteiger partial charge in [0.25, 0.3) is 20.0 Å². The molecule has 0 fully saturated rings. The molecule has 0 amide bonds. The molecule has 2 aromatic heterocycles. The van der Waals surface area contributed by atoms with Gasteiger partial charge in [0.2, 0.25) is 5.88 Å². The third kappa shape index (κ3) is 4.61. The van der Waals surface area contributed by atoms with Crippen LogP contribution in [0.4, 0.5) is 11.6 Å². The Kier molecular flexibility index (Phi) is 5.72. The molecular formula is C21H21N5O5S2. The third-order valence-electron chi connectivity index (χ3n) is 4.97. The number of nitrogens with zero attached hydrogens (tertiary/aromatic N) is 3. The summed E-state index contributed by atoms with van der Waals surface area (Å²) >= 11 is 0. The van der Waals surface area contributed by atoms with Gasteiger partial charge in [-0.3, -0.25) is 4.72 Å². The van der Waals surface area contributed by atoms with Gasteiger partial charge in [0, 0.05) is 11.3 Å². The summed E-state index contributed by atoms with van der Waals surface area (Å²) < 4.78 is 62.3. The molecule has 0 saturated carbocycles. The summed E-state index contributed by atoms with van der Waals surface area (Å²) in [5.74, 6) is 0.0307. The van der Waals surface area contributed by atoms with Gasteiger partial charge in [-0.05, 0) is 57.2 Å². The van der Waals surface area contributed by atoms with Gasteiger partial charge in [-0.2, -0.15) is 5.10 Å². The van der Waals surface area contributed by atoms with Crippen molar-refractivity contribution in [2.45, 2.75) is 30.6 Å². The zero-order chi connectivity index (χ0) is 23.8. The Morgan fingerprint density at radius 2 is 1.48 bits per heavy atom. The SMILES string of the molecule is Cc1nn(-c2ccccc2)cc1S(=O)(=O)Nc1ccc(S(=O)(=O)Nc2onc(C)c2C)cc1. The molecule has 0 aliphatic heterocycles. The molecule has 2 aromatic carbocycles. The molecule has 4 aromatic rings. The Balaban J connectivity index is 1.54. The van der Waals surface area contributed by atoms with E-state index in [1.54, 1.807) is 20.8 Å². The van der Waals surface area contributed by atoms with Crippen molar-refractivity contribution in [3.63, 3.8) is 0 Å². The molecule has 0 saturated heterocycles. The lowest BCUT2D eigenvalue weighted by molar-refractivity contribution is 0.430. The van der Waals surface area contributed by atoms with Crippen LogP contribution in [-0.2, 0) is 20.0 Å². The van der Waals surface area contributed by atoms with Crippen LogP contribution >= 0.6 is 0 Å². The number of aromatic nitrogens is 3. The van der Waals surface area contributed by atoms with E-state index < -0.39 is 20.0 Å². The molecule has 0 spiro atoms. The van der Waals surface area contributed by atoms with Crippen LogP contribution in [0, 0.1) is 20.8 Å². The molecule has 0 atom stereocenters. The number of hydrogen-bond acceptors (Lipinski definition) is 7. The van der Waals surface area contributed by atoms with Crippen molar-refractivity contribution in [3.05, 3.63) is 77.7 Å². The fraction of sp³-hybridized carbons (Fsp3) is 0.143. The van der Waals surface area contributed by atoms with Crippen LogP contribution in [0.15, 0.2) is 75.1 Å². The number of nitrogens with one attached hydrogen (secondary N) is 2. The van der Waals surface area contributed by atoms with Crippen LogP contribution in [0.2, 0.25) is 0 Å². The van der Waals surface area contributed by atoms with Crippen molar-refractivity contribution >= 4 is 31.6 Å². The maximum absolute atomic E-state index is 12.9. The molecule has 4 rings (SSSR count). The number of benzene rings is 2. The van der Waals surface area contributed by atoms with Crippen LogP contribution < -0.4 is 9.44 Å². The van der Waals surface area contributed by atoms with E-state index in [-0.39, 0.29) is 21.4 Å². The minimum Gasteiger partial charge on any atom is -0.337 e. The topological polar surface area (TPSA) is 136 Å². The van der Waals surface area contributed by atoms with Crippen LogP contribution in [0.5, 0.6) is 0 Å². The maximum Gasteiger partial charge on any atom is 0.265 e. The van der Waals surface area contributed by atoms with E-state index in [4.69, 9.17) is 4.52 Å². The molecule has 0 aliphatic rings. The first-order chi connectivity index (χ1) is 15.6. The molecule has 0 aliphatic carbocycles. The van der Waals surface area contributed by atoms with E-state index in [1.807, 2.05) is 30.3 Å². The smallest absolute Gasteiger partial charge is 0.265 e. The fourth-order valence-electron chi connectivity index (χ4n) is 3.02. The van der Waals surface area contributed by atoms with Gasteiger partial charge in [0.05, 0.1) is 28.2 Å². The zero-order valence-corrected chi connectivity index (χ0v) is 19.6.